The summed E-state index contributed by atoms with van der Waals surface area (Å²) < 4.78 is 4.97. The van der Waals surface area contributed by atoms with E-state index in [0.717, 1.165) is 51.5 Å². The number of thiazole rings is 1. The second-order valence-electron chi connectivity index (χ2n) is 5.50. The van der Waals surface area contributed by atoms with E-state index in [0.29, 0.717) is 17.7 Å². The van der Waals surface area contributed by atoms with E-state index in [1.807, 2.05) is 12.3 Å². The lowest BCUT2D eigenvalue weighted by Gasteiger charge is -2.46. The standard InChI is InChI=1S/C14H22N4O2S/c1-2-20-14(19)13-16-11(10-21-13)7-17-8-12(9-17)18-5-3-15-4-6-18/h10,12,15H,2-9H2,1H3. The molecule has 2 aliphatic heterocycles. The molecule has 0 spiro atoms. The number of carbonyl (C=O) groups excluding carboxylic acids is 1. The van der Waals surface area contributed by atoms with Crippen LogP contribution in [-0.4, -0.2) is 72.7 Å². The summed E-state index contributed by atoms with van der Waals surface area (Å²) in [6, 6.07) is 0.690. The molecule has 2 fully saturated rings. The molecule has 3 heterocycles. The zero-order valence-electron chi connectivity index (χ0n) is 12.4. The van der Waals surface area contributed by atoms with E-state index >= 15 is 0 Å². The number of piperazine rings is 1. The molecule has 2 saturated heterocycles. The first-order valence-electron chi connectivity index (χ1n) is 7.55. The van der Waals surface area contributed by atoms with Crippen LogP contribution in [0.15, 0.2) is 5.38 Å². The SMILES string of the molecule is CCOC(=O)c1nc(CN2CC(N3CCNCC3)C2)cs1. The molecule has 0 bridgehead atoms. The van der Waals surface area contributed by atoms with Gasteiger partial charge in [-0.3, -0.25) is 9.80 Å². The largest absolute Gasteiger partial charge is 0.461 e. The van der Waals surface area contributed by atoms with Gasteiger partial charge in [-0.15, -0.1) is 11.3 Å². The first-order chi connectivity index (χ1) is 10.3. The third-order valence-corrected chi connectivity index (χ3v) is 4.86. The Labute approximate surface area is 129 Å². The fraction of sp³-hybridized carbons (Fsp3) is 0.714. The smallest absolute Gasteiger partial charge is 0.367 e. The fourth-order valence-electron chi connectivity index (χ4n) is 2.85. The molecule has 0 saturated carbocycles. The number of nitrogens with zero attached hydrogens (tertiary/aromatic N) is 3. The van der Waals surface area contributed by atoms with E-state index in [4.69, 9.17) is 4.74 Å². The van der Waals surface area contributed by atoms with Crippen LogP contribution in [0.2, 0.25) is 0 Å². The molecule has 0 aromatic carbocycles. The Hall–Kier alpha value is -1.02. The number of nitrogens with one attached hydrogen (secondary N) is 1. The average Bonchev–Trinajstić information content (AvgIpc) is 2.92. The molecule has 1 N–H and O–H groups in total. The number of ether oxygens (including phenoxy) is 1. The van der Waals surface area contributed by atoms with Gasteiger partial charge in [-0.05, 0) is 6.92 Å². The van der Waals surface area contributed by atoms with E-state index in [-0.39, 0.29) is 5.97 Å². The van der Waals surface area contributed by atoms with Gasteiger partial charge >= 0.3 is 5.97 Å². The summed E-state index contributed by atoms with van der Waals surface area (Å²) in [6.45, 7) is 9.76. The minimum absolute atomic E-state index is 0.309. The lowest BCUT2D eigenvalue weighted by Crippen LogP contribution is -2.62. The van der Waals surface area contributed by atoms with E-state index in [1.165, 1.54) is 11.3 Å². The number of carbonyl (C=O) groups is 1. The van der Waals surface area contributed by atoms with Gasteiger partial charge in [0.05, 0.1) is 12.3 Å². The Bertz CT molecular complexity index is 481. The lowest BCUT2D eigenvalue weighted by atomic mass is 10.1. The van der Waals surface area contributed by atoms with E-state index in [1.54, 1.807) is 0 Å². The number of rotatable bonds is 5. The molecular weight excluding hydrogens is 288 g/mol. The number of aromatic nitrogens is 1. The van der Waals surface area contributed by atoms with Crippen molar-refractivity contribution in [1.29, 1.82) is 0 Å². The highest BCUT2D eigenvalue weighted by Gasteiger charge is 2.32. The number of hydrogen-bond acceptors (Lipinski definition) is 7. The normalized spacial score (nSPS) is 21.2. The van der Waals surface area contributed by atoms with Gasteiger partial charge in [0.15, 0.2) is 0 Å². The zero-order valence-corrected chi connectivity index (χ0v) is 13.2. The summed E-state index contributed by atoms with van der Waals surface area (Å²) in [5.74, 6) is -0.309. The van der Waals surface area contributed by atoms with Gasteiger partial charge in [0.2, 0.25) is 5.01 Å². The Morgan fingerprint density at radius 2 is 2.24 bits per heavy atom. The molecule has 0 amide bonds. The van der Waals surface area contributed by atoms with E-state index in [2.05, 4.69) is 20.1 Å². The van der Waals surface area contributed by atoms with Gasteiger partial charge in [0, 0.05) is 57.2 Å². The monoisotopic (exact) mass is 310 g/mol. The maximum atomic E-state index is 11.6. The predicted molar refractivity (Wildman–Crippen MR) is 81.6 cm³/mol. The summed E-state index contributed by atoms with van der Waals surface area (Å²) in [4.78, 5) is 20.9. The Morgan fingerprint density at radius 3 is 2.95 bits per heavy atom. The van der Waals surface area contributed by atoms with Crippen LogP contribution in [0.3, 0.4) is 0 Å². The first-order valence-corrected chi connectivity index (χ1v) is 8.43. The van der Waals surface area contributed by atoms with Crippen LogP contribution in [-0.2, 0) is 11.3 Å². The summed E-state index contributed by atoms with van der Waals surface area (Å²) in [7, 11) is 0. The maximum Gasteiger partial charge on any atom is 0.367 e. The third-order valence-electron chi connectivity index (χ3n) is 3.99. The highest BCUT2D eigenvalue weighted by molar-refractivity contribution is 7.11. The second kappa shape index (κ2) is 6.83. The molecule has 1 aromatic rings. The Balaban J connectivity index is 1.45. The third kappa shape index (κ3) is 3.60. The van der Waals surface area contributed by atoms with E-state index < -0.39 is 0 Å². The molecule has 0 aliphatic carbocycles. The summed E-state index contributed by atoms with van der Waals surface area (Å²) in [5.41, 5.74) is 0.974. The lowest BCUT2D eigenvalue weighted by molar-refractivity contribution is 0.0216. The summed E-state index contributed by atoms with van der Waals surface area (Å²) in [5, 5.41) is 5.81. The maximum absolute atomic E-state index is 11.6. The van der Waals surface area contributed by atoms with Crippen molar-refractivity contribution in [2.75, 3.05) is 45.9 Å². The van der Waals surface area contributed by atoms with Crippen LogP contribution < -0.4 is 5.32 Å². The van der Waals surface area contributed by atoms with Gasteiger partial charge < -0.3 is 10.1 Å². The number of hydrogen-bond donors (Lipinski definition) is 1. The molecule has 0 atom stereocenters. The highest BCUT2D eigenvalue weighted by atomic mass is 32.1. The highest BCUT2D eigenvalue weighted by Crippen LogP contribution is 2.20. The first kappa shape index (κ1) is 14.9. The molecule has 0 radical (unpaired) electrons. The van der Waals surface area contributed by atoms with Gasteiger partial charge in [-0.25, -0.2) is 9.78 Å². The van der Waals surface area contributed by atoms with Crippen molar-refractivity contribution in [1.82, 2.24) is 20.1 Å². The Kier molecular flexibility index (Phi) is 4.84. The van der Waals surface area contributed by atoms with Crippen molar-refractivity contribution in [2.24, 2.45) is 0 Å². The number of esters is 1. The van der Waals surface area contributed by atoms with Crippen LogP contribution in [0.5, 0.6) is 0 Å². The quantitative estimate of drug-likeness (QED) is 0.795. The average molecular weight is 310 g/mol. The van der Waals surface area contributed by atoms with Crippen LogP contribution in [0, 0.1) is 0 Å². The van der Waals surface area contributed by atoms with E-state index in [9.17, 15) is 4.79 Å². The van der Waals surface area contributed by atoms with Crippen molar-refractivity contribution >= 4 is 17.3 Å². The summed E-state index contributed by atoms with van der Waals surface area (Å²) >= 11 is 1.37. The van der Waals surface area contributed by atoms with Gasteiger partial charge in [-0.2, -0.15) is 0 Å². The van der Waals surface area contributed by atoms with Crippen LogP contribution in [0.1, 0.15) is 22.4 Å². The molecular formula is C14H22N4O2S. The molecule has 0 unspecified atom stereocenters. The van der Waals surface area contributed by atoms with Crippen molar-refractivity contribution in [3.05, 3.63) is 16.1 Å². The van der Waals surface area contributed by atoms with Crippen LogP contribution in [0.25, 0.3) is 0 Å². The topological polar surface area (TPSA) is 57.7 Å². The Morgan fingerprint density at radius 1 is 1.48 bits per heavy atom. The van der Waals surface area contributed by atoms with Crippen LogP contribution >= 0.6 is 11.3 Å². The zero-order chi connectivity index (χ0) is 14.7. The van der Waals surface area contributed by atoms with Gasteiger partial charge in [0.1, 0.15) is 0 Å². The molecule has 116 valence electrons. The molecule has 1 aromatic heterocycles. The second-order valence-corrected chi connectivity index (χ2v) is 6.36. The van der Waals surface area contributed by atoms with Crippen molar-refractivity contribution in [3.63, 3.8) is 0 Å². The minimum Gasteiger partial charge on any atom is -0.461 e. The molecule has 7 heteroatoms. The van der Waals surface area contributed by atoms with Crippen molar-refractivity contribution in [3.8, 4) is 0 Å². The molecule has 21 heavy (non-hydrogen) atoms. The summed E-state index contributed by atoms with van der Waals surface area (Å²) in [6.07, 6.45) is 0. The minimum atomic E-state index is -0.309. The van der Waals surface area contributed by atoms with Gasteiger partial charge in [-0.1, -0.05) is 0 Å². The van der Waals surface area contributed by atoms with Crippen molar-refractivity contribution in [2.45, 2.75) is 19.5 Å². The fourth-order valence-corrected chi connectivity index (χ4v) is 3.55. The molecule has 3 rings (SSSR count). The number of likely N-dealkylation sites (tertiary alicyclic amines) is 1. The molecule has 2 aliphatic rings. The van der Waals surface area contributed by atoms with Crippen molar-refractivity contribution < 1.29 is 9.53 Å². The molecule has 6 nitrogen and oxygen atoms in total. The van der Waals surface area contributed by atoms with Crippen LogP contribution in [0.4, 0.5) is 0 Å². The predicted octanol–water partition coefficient (Wildman–Crippen LogP) is 0.409. The van der Waals surface area contributed by atoms with Gasteiger partial charge in [0.25, 0.3) is 0 Å².